The monoisotopic (exact) mass is 357 g/mol. The third kappa shape index (κ3) is 5.92. The molecule has 1 aromatic rings. The van der Waals surface area contributed by atoms with Crippen molar-refractivity contribution in [2.24, 2.45) is 11.8 Å². The fourth-order valence-corrected chi connectivity index (χ4v) is 4.34. The van der Waals surface area contributed by atoms with Crippen molar-refractivity contribution in [3.05, 3.63) is 35.4 Å². The summed E-state index contributed by atoms with van der Waals surface area (Å²) in [6.45, 7) is 4.66. The molecule has 2 aliphatic carbocycles. The van der Waals surface area contributed by atoms with E-state index in [1.54, 1.807) is 0 Å². The van der Waals surface area contributed by atoms with Gasteiger partial charge < -0.3 is 4.90 Å². The van der Waals surface area contributed by atoms with E-state index in [-0.39, 0.29) is 17.1 Å². The van der Waals surface area contributed by atoms with Crippen molar-refractivity contribution in [2.75, 3.05) is 14.1 Å². The third-order valence-electron chi connectivity index (χ3n) is 5.65. The van der Waals surface area contributed by atoms with Crippen molar-refractivity contribution in [2.45, 2.75) is 71.3 Å². The molecule has 0 aliphatic heterocycles. The van der Waals surface area contributed by atoms with E-state index in [0.717, 1.165) is 11.8 Å². The fraction of sp³-hybridized carbons (Fsp3) is 0.714. The normalized spacial score (nSPS) is 24.7. The Hall–Kier alpha value is -0.301. The maximum atomic E-state index is 2.42. The average molecular weight is 357 g/mol. The molecule has 0 N–H and O–H groups in total. The Kier molecular flexibility index (Phi) is 9.51. The van der Waals surface area contributed by atoms with E-state index in [0.29, 0.717) is 6.04 Å². The van der Waals surface area contributed by atoms with Crippen LogP contribution >= 0.6 is 0 Å². The predicted octanol–water partition coefficient (Wildman–Crippen LogP) is 5.98. The Balaban J connectivity index is 0.000000377. The summed E-state index contributed by atoms with van der Waals surface area (Å²) in [5.41, 5.74) is 2.96. The van der Waals surface area contributed by atoms with Crippen molar-refractivity contribution in [3.63, 3.8) is 0 Å². The van der Waals surface area contributed by atoms with Gasteiger partial charge in [0, 0.05) is 23.1 Å². The number of nitrogens with zero attached hydrogens (tertiary/aromatic N) is 1. The zero-order chi connectivity index (χ0) is 15.9. The summed E-state index contributed by atoms with van der Waals surface area (Å²) in [6, 6.07) is 9.46. The van der Waals surface area contributed by atoms with E-state index in [9.17, 15) is 0 Å². The maximum Gasteiger partial charge on any atom is 0.0375 e. The number of rotatable bonds is 3. The minimum atomic E-state index is 0. The van der Waals surface area contributed by atoms with E-state index in [1.807, 2.05) is 0 Å². The summed E-state index contributed by atoms with van der Waals surface area (Å²) in [5.74, 6) is 1.69. The van der Waals surface area contributed by atoms with Crippen molar-refractivity contribution in [1.29, 1.82) is 0 Å². The van der Waals surface area contributed by atoms with Crippen LogP contribution in [0.15, 0.2) is 24.3 Å². The van der Waals surface area contributed by atoms with Crippen LogP contribution in [0, 0.1) is 18.8 Å². The second kappa shape index (κ2) is 10.5. The van der Waals surface area contributed by atoms with Gasteiger partial charge in [0.05, 0.1) is 0 Å². The predicted molar refractivity (Wildman–Crippen MR) is 97.2 cm³/mol. The van der Waals surface area contributed by atoms with Crippen LogP contribution in [0.4, 0.5) is 0 Å². The molecule has 2 fully saturated rings. The third-order valence-corrected chi connectivity index (χ3v) is 5.65. The standard InChI is InChI=1S/C16H25N.C5H10.Fe/c1-12-8-5-6-10-14(12)16(17(3)4)15-11-7-9-13(15)2;1-2-4-5-3-1;/h5-6,8,10,13,15-16H,7,9,11H2,1-4H3;1-5H2;/t13?,15?,16-;;/m0../s1. The van der Waals surface area contributed by atoms with Crippen molar-refractivity contribution in [1.82, 2.24) is 4.90 Å². The quantitative estimate of drug-likeness (QED) is 0.601. The number of hydrogen-bond donors (Lipinski definition) is 0. The van der Waals surface area contributed by atoms with Crippen molar-refractivity contribution >= 4 is 0 Å². The van der Waals surface area contributed by atoms with Crippen LogP contribution in [-0.2, 0) is 17.1 Å². The Morgan fingerprint density at radius 2 is 1.48 bits per heavy atom. The maximum absolute atomic E-state index is 2.42. The van der Waals surface area contributed by atoms with Crippen LogP contribution in [0.25, 0.3) is 0 Å². The topological polar surface area (TPSA) is 3.24 Å². The van der Waals surface area contributed by atoms with Crippen LogP contribution in [0.2, 0.25) is 0 Å². The largest absolute Gasteiger partial charge is 0.302 e. The molecule has 2 unspecified atom stereocenters. The van der Waals surface area contributed by atoms with Gasteiger partial charge in [-0.05, 0) is 50.4 Å². The summed E-state index contributed by atoms with van der Waals surface area (Å²) in [7, 11) is 4.45. The Labute approximate surface area is 154 Å². The Morgan fingerprint density at radius 3 is 1.91 bits per heavy atom. The van der Waals surface area contributed by atoms with Crippen LogP contribution < -0.4 is 0 Å². The molecule has 2 saturated carbocycles. The van der Waals surface area contributed by atoms with Gasteiger partial charge in [-0.1, -0.05) is 76.1 Å². The van der Waals surface area contributed by atoms with Gasteiger partial charge in [-0.25, -0.2) is 0 Å². The summed E-state index contributed by atoms with van der Waals surface area (Å²) in [6.07, 6.45) is 11.7. The van der Waals surface area contributed by atoms with Gasteiger partial charge >= 0.3 is 0 Å². The second-order valence-corrected chi connectivity index (χ2v) is 7.60. The summed E-state index contributed by atoms with van der Waals surface area (Å²) in [4.78, 5) is 2.41. The molecule has 0 saturated heterocycles. The van der Waals surface area contributed by atoms with Gasteiger partial charge in [-0.15, -0.1) is 0 Å². The average Bonchev–Trinajstić information content (AvgIpc) is 3.17. The first-order chi connectivity index (χ1) is 10.6. The van der Waals surface area contributed by atoms with E-state index in [4.69, 9.17) is 0 Å². The molecule has 0 radical (unpaired) electrons. The molecule has 2 heteroatoms. The minimum Gasteiger partial charge on any atom is -0.302 e. The minimum absolute atomic E-state index is 0. The zero-order valence-corrected chi connectivity index (χ0v) is 16.6. The van der Waals surface area contributed by atoms with Gasteiger partial charge in [-0.2, -0.15) is 0 Å². The van der Waals surface area contributed by atoms with Gasteiger partial charge in [-0.3, -0.25) is 0 Å². The molecule has 0 heterocycles. The second-order valence-electron chi connectivity index (χ2n) is 7.60. The first-order valence-corrected chi connectivity index (χ1v) is 9.33. The molecule has 23 heavy (non-hydrogen) atoms. The molecule has 3 atom stereocenters. The molecule has 0 spiro atoms. The van der Waals surface area contributed by atoms with Gasteiger partial charge in [0.1, 0.15) is 0 Å². The zero-order valence-electron chi connectivity index (χ0n) is 15.5. The number of benzene rings is 1. The molecule has 2 aliphatic rings. The summed E-state index contributed by atoms with van der Waals surface area (Å²) in [5, 5.41) is 0. The first kappa shape index (κ1) is 20.7. The summed E-state index contributed by atoms with van der Waals surface area (Å²) < 4.78 is 0. The molecular formula is C21H35FeN. The first-order valence-electron chi connectivity index (χ1n) is 9.33. The van der Waals surface area contributed by atoms with Crippen molar-refractivity contribution < 1.29 is 17.1 Å². The fourth-order valence-electron chi connectivity index (χ4n) is 4.34. The molecule has 0 amide bonds. The molecule has 1 aromatic carbocycles. The van der Waals surface area contributed by atoms with E-state index in [2.05, 4.69) is 57.1 Å². The van der Waals surface area contributed by atoms with Crippen LogP contribution in [0.1, 0.15) is 75.5 Å². The van der Waals surface area contributed by atoms with Gasteiger partial charge in [0.25, 0.3) is 0 Å². The van der Waals surface area contributed by atoms with Gasteiger partial charge in [0.15, 0.2) is 0 Å². The van der Waals surface area contributed by atoms with Crippen LogP contribution in [0.3, 0.4) is 0 Å². The molecule has 3 rings (SSSR count). The number of aryl methyl sites for hydroxylation is 1. The molecular weight excluding hydrogens is 322 g/mol. The van der Waals surface area contributed by atoms with E-state index < -0.39 is 0 Å². The molecule has 132 valence electrons. The van der Waals surface area contributed by atoms with E-state index in [1.165, 1.54) is 62.5 Å². The van der Waals surface area contributed by atoms with Crippen LogP contribution in [0.5, 0.6) is 0 Å². The smallest absolute Gasteiger partial charge is 0.0375 e. The molecule has 0 bridgehead atoms. The Morgan fingerprint density at radius 1 is 0.913 bits per heavy atom. The summed E-state index contributed by atoms with van der Waals surface area (Å²) >= 11 is 0. The van der Waals surface area contributed by atoms with Crippen LogP contribution in [-0.4, -0.2) is 19.0 Å². The SMILES string of the molecule is C1CCCC1.Cc1ccccc1[C@@H](C1CCCC1C)N(C)C.[Fe]. The molecule has 1 nitrogen and oxygen atoms in total. The molecule has 0 aromatic heterocycles. The van der Waals surface area contributed by atoms with Crippen molar-refractivity contribution in [3.8, 4) is 0 Å². The van der Waals surface area contributed by atoms with E-state index >= 15 is 0 Å². The Bertz CT molecular complexity index is 432. The van der Waals surface area contributed by atoms with Gasteiger partial charge in [0.2, 0.25) is 0 Å². The number of hydrogen-bond acceptors (Lipinski definition) is 1.